The summed E-state index contributed by atoms with van der Waals surface area (Å²) >= 11 is 0. The monoisotopic (exact) mass is 284 g/mol. The highest BCUT2D eigenvalue weighted by molar-refractivity contribution is 5.88. The predicted molar refractivity (Wildman–Crippen MR) is 79.1 cm³/mol. The summed E-state index contributed by atoms with van der Waals surface area (Å²) in [4.78, 5) is 12.6. The number of aryl methyl sites for hydroxylation is 1. The third kappa shape index (κ3) is 2.82. The molecule has 0 N–H and O–H groups in total. The maximum absolute atomic E-state index is 13.3. The van der Waals surface area contributed by atoms with Gasteiger partial charge in [0.05, 0.1) is 6.61 Å². The van der Waals surface area contributed by atoms with E-state index >= 15 is 0 Å². The number of para-hydroxylation sites is 1. The Morgan fingerprint density at radius 2 is 2.10 bits per heavy atom. The lowest BCUT2D eigenvalue weighted by Gasteiger charge is -2.25. The van der Waals surface area contributed by atoms with Crippen molar-refractivity contribution in [1.29, 1.82) is 0 Å². The van der Waals surface area contributed by atoms with E-state index in [1.54, 1.807) is 6.07 Å². The summed E-state index contributed by atoms with van der Waals surface area (Å²) in [6.07, 6.45) is 0.951. The van der Waals surface area contributed by atoms with Gasteiger partial charge in [-0.25, -0.2) is 4.39 Å². The summed E-state index contributed by atoms with van der Waals surface area (Å²) < 4.78 is 18.9. The van der Waals surface area contributed by atoms with Gasteiger partial charge in [0.1, 0.15) is 17.3 Å². The molecule has 3 rings (SSSR count). The van der Waals surface area contributed by atoms with Crippen LogP contribution in [0.3, 0.4) is 0 Å². The van der Waals surface area contributed by atoms with Crippen LogP contribution in [0.1, 0.15) is 29.0 Å². The molecule has 1 atom stereocenters. The van der Waals surface area contributed by atoms with Crippen molar-refractivity contribution in [3.8, 4) is 5.75 Å². The fourth-order valence-electron chi connectivity index (χ4n) is 2.82. The lowest BCUT2D eigenvalue weighted by atomic mass is 9.86. The van der Waals surface area contributed by atoms with E-state index in [1.807, 2.05) is 31.2 Å². The van der Waals surface area contributed by atoms with E-state index in [0.717, 1.165) is 22.4 Å². The van der Waals surface area contributed by atoms with Crippen LogP contribution in [-0.4, -0.2) is 12.4 Å². The van der Waals surface area contributed by atoms with Gasteiger partial charge in [-0.1, -0.05) is 24.3 Å². The van der Waals surface area contributed by atoms with E-state index in [2.05, 4.69) is 0 Å². The van der Waals surface area contributed by atoms with Crippen LogP contribution < -0.4 is 4.74 Å². The Labute approximate surface area is 123 Å². The zero-order valence-electron chi connectivity index (χ0n) is 11.9. The van der Waals surface area contributed by atoms with Crippen LogP contribution in [-0.2, 0) is 11.2 Å². The largest absolute Gasteiger partial charge is 0.493 e. The molecule has 21 heavy (non-hydrogen) atoms. The minimum Gasteiger partial charge on any atom is -0.493 e. The second-order valence-electron chi connectivity index (χ2n) is 5.44. The van der Waals surface area contributed by atoms with E-state index in [1.165, 1.54) is 12.1 Å². The van der Waals surface area contributed by atoms with Crippen molar-refractivity contribution in [1.82, 2.24) is 0 Å². The van der Waals surface area contributed by atoms with Crippen LogP contribution in [0.4, 0.5) is 4.39 Å². The van der Waals surface area contributed by atoms with Crippen molar-refractivity contribution >= 4 is 5.78 Å². The average molecular weight is 284 g/mol. The molecule has 0 aromatic heterocycles. The number of carbonyl (C=O) groups excluding carboxylic acids is 1. The zero-order chi connectivity index (χ0) is 14.8. The summed E-state index contributed by atoms with van der Waals surface area (Å²) in [5.41, 5.74) is 2.66. The standard InChI is InChI=1S/C18H17FO2/c1-12-6-7-14(19)10-13(12)11-17(20)15-8-9-21-18-5-3-2-4-16(15)18/h2-7,10,15H,8-9,11H2,1H3. The molecule has 1 unspecified atom stereocenters. The van der Waals surface area contributed by atoms with Crippen LogP contribution in [0, 0.1) is 12.7 Å². The highest BCUT2D eigenvalue weighted by Gasteiger charge is 2.27. The summed E-state index contributed by atoms with van der Waals surface area (Å²) in [5, 5.41) is 0. The van der Waals surface area contributed by atoms with Crippen LogP contribution in [0.2, 0.25) is 0 Å². The SMILES string of the molecule is Cc1ccc(F)cc1CC(=O)C1CCOc2ccccc21. The topological polar surface area (TPSA) is 26.3 Å². The van der Waals surface area contributed by atoms with Crippen molar-refractivity contribution in [3.63, 3.8) is 0 Å². The number of hydrogen-bond donors (Lipinski definition) is 0. The first-order valence-corrected chi connectivity index (χ1v) is 7.14. The van der Waals surface area contributed by atoms with Gasteiger partial charge in [0.25, 0.3) is 0 Å². The molecular formula is C18H17FO2. The fraction of sp³-hybridized carbons (Fsp3) is 0.278. The fourth-order valence-corrected chi connectivity index (χ4v) is 2.82. The van der Waals surface area contributed by atoms with Crippen LogP contribution in [0.15, 0.2) is 42.5 Å². The van der Waals surface area contributed by atoms with Crippen molar-refractivity contribution in [2.75, 3.05) is 6.61 Å². The normalized spacial score (nSPS) is 17.0. The molecule has 0 spiro atoms. The molecule has 0 amide bonds. The summed E-state index contributed by atoms with van der Waals surface area (Å²) in [6, 6.07) is 12.3. The van der Waals surface area contributed by atoms with Crippen molar-refractivity contribution in [2.24, 2.45) is 0 Å². The number of ether oxygens (including phenoxy) is 1. The maximum atomic E-state index is 13.3. The molecule has 108 valence electrons. The molecule has 0 bridgehead atoms. The highest BCUT2D eigenvalue weighted by atomic mass is 19.1. The third-order valence-corrected chi connectivity index (χ3v) is 4.02. The van der Waals surface area contributed by atoms with Crippen LogP contribution >= 0.6 is 0 Å². The number of Topliss-reactive ketones (excluding diaryl/α,β-unsaturated/α-hetero) is 1. The molecule has 1 heterocycles. The third-order valence-electron chi connectivity index (χ3n) is 4.02. The van der Waals surface area contributed by atoms with E-state index in [4.69, 9.17) is 4.74 Å². The predicted octanol–water partition coefficient (Wildman–Crippen LogP) is 3.81. The van der Waals surface area contributed by atoms with E-state index in [-0.39, 0.29) is 23.9 Å². The quantitative estimate of drug-likeness (QED) is 0.856. The van der Waals surface area contributed by atoms with Crippen molar-refractivity contribution < 1.29 is 13.9 Å². The summed E-state index contributed by atoms with van der Waals surface area (Å²) in [7, 11) is 0. The Morgan fingerprint density at radius 3 is 2.95 bits per heavy atom. The number of benzene rings is 2. The Balaban J connectivity index is 1.85. The molecule has 2 aromatic carbocycles. The molecule has 2 nitrogen and oxygen atoms in total. The van der Waals surface area contributed by atoms with Gasteiger partial charge in [-0.05, 0) is 42.7 Å². The molecule has 3 heteroatoms. The Bertz CT molecular complexity index is 679. The Hall–Kier alpha value is -2.16. The number of fused-ring (bicyclic) bond motifs is 1. The first-order valence-electron chi connectivity index (χ1n) is 7.14. The van der Waals surface area contributed by atoms with Crippen molar-refractivity contribution in [3.05, 3.63) is 65.0 Å². The molecule has 2 aromatic rings. The van der Waals surface area contributed by atoms with Gasteiger partial charge in [-0.15, -0.1) is 0 Å². The number of carbonyl (C=O) groups is 1. The van der Waals surface area contributed by atoms with E-state index < -0.39 is 0 Å². The Morgan fingerprint density at radius 1 is 1.29 bits per heavy atom. The molecule has 0 fully saturated rings. The number of halogens is 1. The zero-order valence-corrected chi connectivity index (χ0v) is 11.9. The number of hydrogen-bond acceptors (Lipinski definition) is 2. The molecule has 0 saturated carbocycles. The van der Waals surface area contributed by atoms with E-state index in [0.29, 0.717) is 13.0 Å². The minimum atomic E-state index is -0.296. The molecule has 1 aliphatic rings. The molecular weight excluding hydrogens is 267 g/mol. The van der Waals surface area contributed by atoms with Gasteiger partial charge in [0, 0.05) is 17.9 Å². The first kappa shape index (κ1) is 13.8. The first-order chi connectivity index (χ1) is 10.1. The Kier molecular flexibility index (Phi) is 3.74. The van der Waals surface area contributed by atoms with Gasteiger partial charge in [-0.2, -0.15) is 0 Å². The van der Waals surface area contributed by atoms with Gasteiger partial charge in [0.2, 0.25) is 0 Å². The average Bonchev–Trinajstić information content (AvgIpc) is 2.50. The molecule has 1 aliphatic heterocycles. The van der Waals surface area contributed by atoms with Crippen LogP contribution in [0.25, 0.3) is 0 Å². The minimum absolute atomic E-state index is 0.124. The van der Waals surface area contributed by atoms with Gasteiger partial charge < -0.3 is 4.74 Å². The van der Waals surface area contributed by atoms with Gasteiger partial charge in [-0.3, -0.25) is 4.79 Å². The summed E-state index contributed by atoms with van der Waals surface area (Å²) in [6.45, 7) is 2.45. The van der Waals surface area contributed by atoms with Gasteiger partial charge >= 0.3 is 0 Å². The second kappa shape index (κ2) is 5.68. The highest BCUT2D eigenvalue weighted by Crippen LogP contribution is 2.34. The maximum Gasteiger partial charge on any atom is 0.144 e. The van der Waals surface area contributed by atoms with Crippen LogP contribution in [0.5, 0.6) is 5.75 Å². The molecule has 0 saturated heterocycles. The van der Waals surface area contributed by atoms with Crippen molar-refractivity contribution in [2.45, 2.75) is 25.7 Å². The smallest absolute Gasteiger partial charge is 0.144 e. The lowest BCUT2D eigenvalue weighted by Crippen LogP contribution is -2.22. The van der Waals surface area contributed by atoms with E-state index in [9.17, 15) is 9.18 Å². The molecule has 0 radical (unpaired) electrons. The molecule has 0 aliphatic carbocycles. The number of rotatable bonds is 3. The number of ketones is 1. The summed E-state index contributed by atoms with van der Waals surface area (Å²) in [5.74, 6) is 0.464. The lowest BCUT2D eigenvalue weighted by molar-refractivity contribution is -0.120. The second-order valence-corrected chi connectivity index (χ2v) is 5.44. The van der Waals surface area contributed by atoms with Gasteiger partial charge in [0.15, 0.2) is 0 Å².